The summed E-state index contributed by atoms with van der Waals surface area (Å²) in [5.41, 5.74) is 3.04. The van der Waals surface area contributed by atoms with E-state index in [1.165, 1.54) is 22.5 Å². The number of benzene rings is 1. The number of ether oxygens (including phenoxy) is 1. The van der Waals surface area contributed by atoms with E-state index in [1.54, 1.807) is 13.8 Å². The van der Waals surface area contributed by atoms with E-state index in [2.05, 4.69) is 59.9 Å². The number of nitrogens with zero attached hydrogens (tertiary/aromatic N) is 2. The summed E-state index contributed by atoms with van der Waals surface area (Å²) in [5, 5.41) is 0.465. The molecule has 6 nitrogen and oxygen atoms in total. The predicted molar refractivity (Wildman–Crippen MR) is 121 cm³/mol. The quantitative estimate of drug-likeness (QED) is 0.590. The van der Waals surface area contributed by atoms with E-state index in [9.17, 15) is 9.59 Å². The molecule has 30 heavy (non-hydrogen) atoms. The largest absolute Gasteiger partial charge is 0.462 e. The number of carbonyl (C=O) groups is 1. The fraction of sp³-hybridized carbons (Fsp3) is 0.435. The van der Waals surface area contributed by atoms with Crippen molar-refractivity contribution in [1.29, 1.82) is 0 Å². The predicted octanol–water partition coefficient (Wildman–Crippen LogP) is 4.40. The Balaban J connectivity index is 1.78. The lowest BCUT2D eigenvalue weighted by atomic mass is 9.87. The van der Waals surface area contributed by atoms with E-state index in [4.69, 9.17) is 4.74 Å². The van der Waals surface area contributed by atoms with Gasteiger partial charge in [-0.15, -0.1) is 11.3 Å². The highest BCUT2D eigenvalue weighted by Gasteiger charge is 2.20. The van der Waals surface area contributed by atoms with E-state index < -0.39 is 5.97 Å². The van der Waals surface area contributed by atoms with E-state index >= 15 is 0 Å². The van der Waals surface area contributed by atoms with Gasteiger partial charge in [-0.3, -0.25) is 9.69 Å². The van der Waals surface area contributed by atoms with Crippen molar-refractivity contribution in [1.82, 2.24) is 14.9 Å². The molecule has 0 unspecified atom stereocenters. The summed E-state index contributed by atoms with van der Waals surface area (Å²) in [6.07, 6.45) is 0. The van der Waals surface area contributed by atoms with Crippen LogP contribution in [0.1, 0.15) is 59.9 Å². The highest BCUT2D eigenvalue weighted by atomic mass is 32.1. The van der Waals surface area contributed by atoms with E-state index in [0.29, 0.717) is 39.6 Å². The van der Waals surface area contributed by atoms with Gasteiger partial charge >= 0.3 is 5.97 Å². The maximum Gasteiger partial charge on any atom is 0.348 e. The maximum absolute atomic E-state index is 12.6. The van der Waals surface area contributed by atoms with Gasteiger partial charge in [0.2, 0.25) is 0 Å². The average molecular weight is 428 g/mol. The van der Waals surface area contributed by atoms with E-state index in [1.807, 2.05) is 7.05 Å². The number of rotatable bonds is 6. The topological polar surface area (TPSA) is 75.3 Å². The first-order valence-electron chi connectivity index (χ1n) is 10.1. The Bertz CT molecular complexity index is 1110. The number of aromatic amines is 1. The molecule has 1 N–H and O–H groups in total. The molecule has 160 valence electrons. The molecule has 0 saturated carbocycles. The minimum absolute atomic E-state index is 0.129. The standard InChI is InChI=1S/C23H29N3O3S/c1-7-29-22(28)19-14(2)18-20(27)24-17(25-21(18)30-19)13-26(6)12-15-8-10-16(11-9-15)23(3,4)5/h8-11H,7,12-13H2,1-6H3,(H,24,25,27). The highest BCUT2D eigenvalue weighted by molar-refractivity contribution is 7.20. The Kier molecular flexibility index (Phi) is 6.43. The molecule has 2 heterocycles. The van der Waals surface area contributed by atoms with E-state index in [-0.39, 0.29) is 11.0 Å². The SMILES string of the molecule is CCOC(=O)c1sc2nc(CN(C)Cc3ccc(C(C)(C)C)cc3)[nH]c(=O)c2c1C. The average Bonchev–Trinajstić information content (AvgIpc) is 2.98. The van der Waals surface area contributed by atoms with Crippen LogP contribution >= 0.6 is 11.3 Å². The van der Waals surface area contributed by atoms with Crippen LogP contribution in [0, 0.1) is 6.92 Å². The molecule has 0 spiro atoms. The van der Waals surface area contributed by atoms with Gasteiger partial charge in [-0.2, -0.15) is 0 Å². The van der Waals surface area contributed by atoms with Gasteiger partial charge in [-0.1, -0.05) is 45.0 Å². The first-order chi connectivity index (χ1) is 14.1. The van der Waals surface area contributed by atoms with Gasteiger partial charge < -0.3 is 9.72 Å². The van der Waals surface area contributed by atoms with Gasteiger partial charge in [0.05, 0.1) is 18.5 Å². The minimum atomic E-state index is -0.408. The molecule has 0 aliphatic rings. The number of nitrogens with one attached hydrogen (secondary N) is 1. The van der Waals surface area contributed by atoms with Gasteiger partial charge in [0.1, 0.15) is 15.5 Å². The van der Waals surface area contributed by atoms with Gasteiger partial charge in [0, 0.05) is 6.54 Å². The van der Waals surface area contributed by atoms with Crippen molar-refractivity contribution in [2.45, 2.75) is 53.1 Å². The molecule has 0 radical (unpaired) electrons. The summed E-state index contributed by atoms with van der Waals surface area (Å²) >= 11 is 1.21. The first-order valence-corrected chi connectivity index (χ1v) is 10.9. The number of fused-ring (bicyclic) bond motifs is 1. The van der Waals surface area contributed by atoms with E-state index in [0.717, 1.165) is 6.54 Å². The van der Waals surface area contributed by atoms with Crippen LogP contribution in [0.4, 0.5) is 0 Å². The highest BCUT2D eigenvalue weighted by Crippen LogP contribution is 2.28. The fourth-order valence-electron chi connectivity index (χ4n) is 3.39. The molecule has 3 aromatic rings. The summed E-state index contributed by atoms with van der Waals surface area (Å²) in [6.45, 7) is 11.7. The zero-order chi connectivity index (χ0) is 22.1. The van der Waals surface area contributed by atoms with Crippen LogP contribution in [0.3, 0.4) is 0 Å². The van der Waals surface area contributed by atoms with Crippen molar-refractivity contribution in [2.24, 2.45) is 0 Å². The number of hydrogen-bond donors (Lipinski definition) is 1. The number of aryl methyl sites for hydroxylation is 1. The maximum atomic E-state index is 12.6. The molecule has 7 heteroatoms. The third-order valence-electron chi connectivity index (χ3n) is 5.00. The Labute approximate surface area is 180 Å². The first kappa shape index (κ1) is 22.2. The Hall–Kier alpha value is -2.51. The van der Waals surface area contributed by atoms with Gasteiger partial charge in [-0.05, 0) is 43.0 Å². The molecule has 1 aromatic carbocycles. The lowest BCUT2D eigenvalue weighted by molar-refractivity contribution is 0.0531. The lowest BCUT2D eigenvalue weighted by Crippen LogP contribution is -2.21. The van der Waals surface area contributed by atoms with Crippen LogP contribution in [0.25, 0.3) is 10.2 Å². The van der Waals surface area contributed by atoms with Crippen LogP contribution < -0.4 is 5.56 Å². The van der Waals surface area contributed by atoms with Gasteiger partial charge in [0.15, 0.2) is 0 Å². The van der Waals surface area contributed by atoms with Crippen LogP contribution in [-0.4, -0.2) is 34.5 Å². The van der Waals surface area contributed by atoms with Crippen LogP contribution in [0.5, 0.6) is 0 Å². The lowest BCUT2D eigenvalue weighted by Gasteiger charge is -2.20. The molecule has 0 aliphatic carbocycles. The second-order valence-corrected chi connectivity index (χ2v) is 9.59. The van der Waals surface area contributed by atoms with Crippen LogP contribution in [0.2, 0.25) is 0 Å². The minimum Gasteiger partial charge on any atom is -0.462 e. The zero-order valence-electron chi connectivity index (χ0n) is 18.5. The van der Waals surface area contributed by atoms with Crippen LogP contribution in [0.15, 0.2) is 29.1 Å². The normalized spacial score (nSPS) is 12.0. The smallest absolute Gasteiger partial charge is 0.348 e. The molecular formula is C23H29N3O3S. The summed E-state index contributed by atoms with van der Waals surface area (Å²) in [4.78, 5) is 35.3. The molecule has 0 saturated heterocycles. The molecule has 0 atom stereocenters. The third-order valence-corrected chi connectivity index (χ3v) is 6.17. The van der Waals surface area contributed by atoms with Crippen molar-refractivity contribution in [3.8, 4) is 0 Å². The van der Waals surface area contributed by atoms with Crippen molar-refractivity contribution in [3.05, 3.63) is 62.0 Å². The number of aromatic nitrogens is 2. The molecule has 2 aromatic heterocycles. The van der Waals surface area contributed by atoms with Gasteiger partial charge in [0.25, 0.3) is 5.56 Å². The molecular weight excluding hydrogens is 398 g/mol. The molecule has 3 rings (SSSR count). The van der Waals surface area contributed by atoms with Crippen molar-refractivity contribution >= 4 is 27.5 Å². The van der Waals surface area contributed by atoms with Crippen molar-refractivity contribution < 1.29 is 9.53 Å². The summed E-state index contributed by atoms with van der Waals surface area (Å²) < 4.78 is 5.09. The summed E-state index contributed by atoms with van der Waals surface area (Å²) in [6, 6.07) is 8.62. The summed E-state index contributed by atoms with van der Waals surface area (Å²) in [7, 11) is 1.99. The van der Waals surface area contributed by atoms with Gasteiger partial charge in [-0.25, -0.2) is 9.78 Å². The molecule has 0 aliphatic heterocycles. The Morgan fingerprint density at radius 3 is 2.47 bits per heavy atom. The zero-order valence-corrected chi connectivity index (χ0v) is 19.3. The second-order valence-electron chi connectivity index (χ2n) is 8.59. The van der Waals surface area contributed by atoms with Crippen LogP contribution in [-0.2, 0) is 23.2 Å². The number of esters is 1. The number of thiophene rings is 1. The Morgan fingerprint density at radius 2 is 1.87 bits per heavy atom. The fourth-order valence-corrected chi connectivity index (χ4v) is 4.48. The third kappa shape index (κ3) is 4.79. The molecule has 0 fully saturated rings. The monoisotopic (exact) mass is 427 g/mol. The number of H-pyrrole nitrogens is 1. The molecule has 0 bridgehead atoms. The summed E-state index contributed by atoms with van der Waals surface area (Å²) in [5.74, 6) is 0.174. The Morgan fingerprint density at radius 1 is 1.20 bits per heavy atom. The number of hydrogen-bond acceptors (Lipinski definition) is 6. The second kappa shape index (κ2) is 8.70. The van der Waals surface area contributed by atoms with Crippen molar-refractivity contribution in [2.75, 3.05) is 13.7 Å². The van der Waals surface area contributed by atoms with Crippen molar-refractivity contribution in [3.63, 3.8) is 0 Å². The number of carbonyl (C=O) groups excluding carboxylic acids is 1. The molecule has 0 amide bonds.